The Labute approximate surface area is 92.7 Å². The van der Waals surface area contributed by atoms with E-state index in [0.29, 0.717) is 0 Å². The van der Waals surface area contributed by atoms with Crippen LogP contribution in [0.3, 0.4) is 0 Å². The summed E-state index contributed by atoms with van der Waals surface area (Å²) in [6.07, 6.45) is -4.58. The quantitative estimate of drug-likeness (QED) is 0.302. The molecule has 5 N–H and O–H groups in total. The summed E-state index contributed by atoms with van der Waals surface area (Å²) in [4.78, 5) is 21.6. The minimum absolute atomic E-state index is 0.121. The third kappa shape index (κ3) is 4.23. The summed E-state index contributed by atoms with van der Waals surface area (Å²) in [5.41, 5.74) is 0. The van der Waals surface area contributed by atoms with Crippen LogP contribution in [0.25, 0.3) is 0 Å². The van der Waals surface area contributed by atoms with Crippen molar-refractivity contribution in [1.29, 1.82) is 0 Å². The van der Waals surface area contributed by atoms with Crippen LogP contribution < -0.4 is 5.32 Å². The molecule has 0 aliphatic rings. The summed E-state index contributed by atoms with van der Waals surface area (Å²) in [6, 6.07) is -1.32. The average Bonchev–Trinajstić information content (AvgIpc) is 2.32. The van der Waals surface area contributed by atoms with Crippen molar-refractivity contribution >= 4 is 12.2 Å². The number of aliphatic hydroxyl groups is 4. The smallest absolute Gasteiger partial charge is 0.220 e. The molecule has 0 saturated heterocycles. The van der Waals surface area contributed by atoms with Crippen molar-refractivity contribution in [3.8, 4) is 0 Å². The van der Waals surface area contributed by atoms with Gasteiger partial charge in [0.15, 0.2) is 0 Å². The lowest BCUT2D eigenvalue weighted by atomic mass is 10.0. The summed E-state index contributed by atoms with van der Waals surface area (Å²) in [6.45, 7) is 0.800. The van der Waals surface area contributed by atoms with Gasteiger partial charge in [-0.1, -0.05) is 6.92 Å². The van der Waals surface area contributed by atoms with Gasteiger partial charge in [0.25, 0.3) is 0 Å². The van der Waals surface area contributed by atoms with Crippen LogP contribution in [0.1, 0.15) is 13.3 Å². The van der Waals surface area contributed by atoms with Crippen LogP contribution in [0.4, 0.5) is 0 Å². The maximum Gasteiger partial charge on any atom is 0.220 e. The van der Waals surface area contributed by atoms with Gasteiger partial charge < -0.3 is 30.5 Å². The van der Waals surface area contributed by atoms with E-state index in [0.717, 1.165) is 0 Å². The van der Waals surface area contributed by atoms with Gasteiger partial charge in [0.1, 0.15) is 30.6 Å². The van der Waals surface area contributed by atoms with Crippen molar-refractivity contribution in [1.82, 2.24) is 5.32 Å². The first kappa shape index (κ1) is 15.0. The number of hydrogen-bond acceptors (Lipinski definition) is 6. The number of carbonyl (C=O) groups excluding carboxylic acids is 2. The van der Waals surface area contributed by atoms with E-state index in [9.17, 15) is 19.8 Å². The Hall–Kier alpha value is -1.02. The van der Waals surface area contributed by atoms with E-state index in [1.807, 2.05) is 0 Å². The highest BCUT2D eigenvalue weighted by molar-refractivity contribution is 5.79. The summed E-state index contributed by atoms with van der Waals surface area (Å²) in [5.74, 6) is -0.471. The lowest BCUT2D eigenvalue weighted by Gasteiger charge is -2.26. The highest BCUT2D eigenvalue weighted by Crippen LogP contribution is 2.04. The summed E-state index contributed by atoms with van der Waals surface area (Å²) < 4.78 is 0. The van der Waals surface area contributed by atoms with Crippen LogP contribution in [0.2, 0.25) is 0 Å². The normalized spacial score (nSPS) is 18.3. The molecular weight excluding hydrogens is 218 g/mol. The molecule has 0 aromatic heterocycles. The van der Waals surface area contributed by atoms with Gasteiger partial charge in [-0.25, -0.2) is 0 Å². The number of nitrogens with one attached hydrogen (secondary N) is 1. The monoisotopic (exact) mass is 235 g/mol. The van der Waals surface area contributed by atoms with Crippen molar-refractivity contribution in [2.75, 3.05) is 6.61 Å². The molecule has 0 rings (SSSR count). The predicted molar refractivity (Wildman–Crippen MR) is 53.4 cm³/mol. The molecule has 0 unspecified atom stereocenters. The second-order valence-electron chi connectivity index (χ2n) is 3.31. The fourth-order valence-electron chi connectivity index (χ4n) is 1.04. The van der Waals surface area contributed by atoms with Crippen molar-refractivity contribution in [2.45, 2.75) is 37.7 Å². The molecule has 94 valence electrons. The van der Waals surface area contributed by atoms with Gasteiger partial charge in [-0.15, -0.1) is 0 Å². The van der Waals surface area contributed by atoms with E-state index in [1.165, 1.54) is 0 Å². The van der Waals surface area contributed by atoms with E-state index in [2.05, 4.69) is 5.32 Å². The van der Waals surface area contributed by atoms with Crippen LogP contribution in [-0.4, -0.2) is 63.6 Å². The Morgan fingerprint density at radius 1 is 1.31 bits per heavy atom. The fraction of sp³-hybridized carbons (Fsp3) is 0.778. The molecule has 0 spiro atoms. The largest absolute Gasteiger partial charge is 0.394 e. The fourth-order valence-corrected chi connectivity index (χ4v) is 1.04. The molecule has 0 saturated carbocycles. The zero-order valence-electron chi connectivity index (χ0n) is 8.91. The van der Waals surface area contributed by atoms with Gasteiger partial charge in [-0.05, 0) is 0 Å². The van der Waals surface area contributed by atoms with Crippen LogP contribution in [0.15, 0.2) is 0 Å². The van der Waals surface area contributed by atoms with Crippen molar-refractivity contribution < 1.29 is 30.0 Å². The minimum atomic E-state index is -1.71. The Balaban J connectivity index is 4.45. The highest BCUT2D eigenvalue weighted by Gasteiger charge is 2.31. The molecule has 0 aliphatic carbocycles. The Bertz CT molecular complexity index is 234. The van der Waals surface area contributed by atoms with Gasteiger partial charge >= 0.3 is 0 Å². The molecular formula is C9H17NO6. The lowest BCUT2D eigenvalue weighted by Crippen LogP contribution is -2.53. The third-order valence-corrected chi connectivity index (χ3v) is 2.09. The van der Waals surface area contributed by atoms with Crippen molar-refractivity contribution in [3.63, 3.8) is 0 Å². The number of hydrogen-bond donors (Lipinski definition) is 5. The maximum atomic E-state index is 11.0. The van der Waals surface area contributed by atoms with E-state index >= 15 is 0 Å². The number of aldehydes is 1. The molecule has 16 heavy (non-hydrogen) atoms. The van der Waals surface area contributed by atoms with Crippen LogP contribution in [0.5, 0.6) is 0 Å². The van der Waals surface area contributed by atoms with E-state index < -0.39 is 36.9 Å². The van der Waals surface area contributed by atoms with Gasteiger partial charge in [0, 0.05) is 6.42 Å². The number of carbonyl (C=O) groups is 2. The average molecular weight is 235 g/mol. The molecule has 1 amide bonds. The molecule has 7 nitrogen and oxygen atoms in total. The molecule has 0 bridgehead atoms. The summed E-state index contributed by atoms with van der Waals surface area (Å²) in [5, 5.41) is 38.5. The molecule has 0 aromatic rings. The maximum absolute atomic E-state index is 11.0. The van der Waals surface area contributed by atoms with E-state index in [-0.39, 0.29) is 12.7 Å². The summed E-state index contributed by atoms with van der Waals surface area (Å²) >= 11 is 0. The van der Waals surface area contributed by atoms with Crippen molar-refractivity contribution in [2.24, 2.45) is 0 Å². The SMILES string of the molecule is CCC(=O)N[C@@H](C=O)[C@@H](O)[C@H](O)[C@H](O)CO. The van der Waals surface area contributed by atoms with Crippen LogP contribution in [0, 0.1) is 0 Å². The molecule has 0 radical (unpaired) electrons. The van der Waals surface area contributed by atoms with Crippen molar-refractivity contribution in [3.05, 3.63) is 0 Å². The minimum Gasteiger partial charge on any atom is -0.394 e. The Kier molecular flexibility index (Phi) is 6.82. The zero-order valence-corrected chi connectivity index (χ0v) is 8.91. The van der Waals surface area contributed by atoms with Gasteiger partial charge in [0.2, 0.25) is 5.91 Å². The van der Waals surface area contributed by atoms with Crippen LogP contribution in [-0.2, 0) is 9.59 Å². The Morgan fingerprint density at radius 2 is 1.88 bits per heavy atom. The number of aliphatic hydroxyl groups excluding tert-OH is 4. The van der Waals surface area contributed by atoms with E-state index in [4.69, 9.17) is 10.2 Å². The first-order chi connectivity index (χ1) is 7.47. The summed E-state index contributed by atoms with van der Waals surface area (Å²) in [7, 11) is 0. The molecule has 0 heterocycles. The van der Waals surface area contributed by atoms with Gasteiger partial charge in [0.05, 0.1) is 6.61 Å². The van der Waals surface area contributed by atoms with Gasteiger partial charge in [-0.3, -0.25) is 4.79 Å². The topological polar surface area (TPSA) is 127 Å². The predicted octanol–water partition coefficient (Wildman–Crippen LogP) is -2.84. The molecule has 0 fully saturated rings. The van der Waals surface area contributed by atoms with Gasteiger partial charge in [-0.2, -0.15) is 0 Å². The second kappa shape index (κ2) is 7.29. The molecule has 0 aromatic carbocycles. The third-order valence-electron chi connectivity index (χ3n) is 2.09. The molecule has 4 atom stereocenters. The van der Waals surface area contributed by atoms with E-state index in [1.54, 1.807) is 6.92 Å². The first-order valence-corrected chi connectivity index (χ1v) is 4.87. The number of amides is 1. The zero-order chi connectivity index (χ0) is 12.7. The Morgan fingerprint density at radius 3 is 2.25 bits per heavy atom. The number of rotatable bonds is 7. The second-order valence-corrected chi connectivity index (χ2v) is 3.31. The molecule has 0 aliphatic heterocycles. The standard InChI is InChI=1S/C9H17NO6/c1-2-7(14)10-5(3-11)8(15)9(16)6(13)4-12/h3,5-6,8-9,12-13,15-16H,2,4H2,1H3,(H,10,14)/t5-,6+,8+,9+/m0/s1. The highest BCUT2D eigenvalue weighted by atomic mass is 16.4. The lowest BCUT2D eigenvalue weighted by molar-refractivity contribution is -0.130. The first-order valence-electron chi connectivity index (χ1n) is 4.87. The molecule has 7 heteroatoms. The van der Waals surface area contributed by atoms with Crippen LogP contribution >= 0.6 is 0 Å².